The van der Waals surface area contributed by atoms with E-state index >= 15 is 0 Å². The largest absolute Gasteiger partial charge is 0.327 e. The molecule has 1 unspecified atom stereocenters. The lowest BCUT2D eigenvalue weighted by atomic mass is 10.1. The van der Waals surface area contributed by atoms with Crippen LogP contribution in [-0.4, -0.2) is 31.9 Å². The standard InChI is InChI=1S/C11H15IN2O2S.ClH/c12-9-3-1-5-11(7-9)17(15,16)14-6-2-4-10(13)8-14;/h1,3,5,7,10H,2,4,6,8,13H2;1H. The lowest BCUT2D eigenvalue weighted by Gasteiger charge is -2.29. The Morgan fingerprint density at radius 3 is 2.72 bits per heavy atom. The Morgan fingerprint density at radius 1 is 1.39 bits per heavy atom. The van der Waals surface area contributed by atoms with Crippen molar-refractivity contribution in [3.63, 3.8) is 0 Å². The quantitative estimate of drug-likeness (QED) is 0.768. The van der Waals surface area contributed by atoms with Crippen molar-refractivity contribution in [2.24, 2.45) is 5.73 Å². The van der Waals surface area contributed by atoms with Crippen molar-refractivity contribution in [1.29, 1.82) is 0 Å². The highest BCUT2D eigenvalue weighted by Gasteiger charge is 2.28. The Hall–Kier alpha value is 0.110. The highest BCUT2D eigenvalue weighted by Crippen LogP contribution is 2.21. The van der Waals surface area contributed by atoms with Gasteiger partial charge in [0.1, 0.15) is 0 Å². The van der Waals surface area contributed by atoms with E-state index in [0.717, 1.165) is 16.4 Å². The molecule has 18 heavy (non-hydrogen) atoms. The van der Waals surface area contributed by atoms with E-state index in [1.807, 2.05) is 6.07 Å². The van der Waals surface area contributed by atoms with Gasteiger partial charge >= 0.3 is 0 Å². The summed E-state index contributed by atoms with van der Waals surface area (Å²) in [5.41, 5.74) is 5.82. The van der Waals surface area contributed by atoms with E-state index in [1.165, 1.54) is 4.31 Å². The van der Waals surface area contributed by atoms with Crippen LogP contribution in [-0.2, 0) is 10.0 Å². The zero-order valence-electron chi connectivity index (χ0n) is 9.75. The van der Waals surface area contributed by atoms with Gasteiger partial charge in [0.15, 0.2) is 0 Å². The van der Waals surface area contributed by atoms with E-state index in [-0.39, 0.29) is 18.4 Å². The maximum atomic E-state index is 12.4. The van der Waals surface area contributed by atoms with Crippen LogP contribution in [0.5, 0.6) is 0 Å². The molecular formula is C11H16ClIN2O2S. The van der Waals surface area contributed by atoms with Gasteiger partial charge in [0, 0.05) is 22.7 Å². The van der Waals surface area contributed by atoms with Crippen molar-refractivity contribution in [3.8, 4) is 0 Å². The second-order valence-corrected chi connectivity index (χ2v) is 7.41. The minimum atomic E-state index is -3.37. The summed E-state index contributed by atoms with van der Waals surface area (Å²) in [6.45, 7) is 0.995. The van der Waals surface area contributed by atoms with E-state index in [9.17, 15) is 8.42 Å². The van der Waals surface area contributed by atoms with Crippen molar-refractivity contribution in [2.75, 3.05) is 13.1 Å². The first-order valence-corrected chi connectivity index (χ1v) is 8.03. The molecule has 7 heteroatoms. The van der Waals surface area contributed by atoms with E-state index in [4.69, 9.17) is 5.73 Å². The van der Waals surface area contributed by atoms with Gasteiger partial charge < -0.3 is 5.73 Å². The Kier molecular flexibility index (Phi) is 5.85. The number of benzene rings is 1. The number of sulfonamides is 1. The van der Waals surface area contributed by atoms with Gasteiger partial charge in [-0.3, -0.25) is 0 Å². The molecule has 1 atom stereocenters. The lowest BCUT2D eigenvalue weighted by Crippen LogP contribution is -2.45. The van der Waals surface area contributed by atoms with Gasteiger partial charge in [-0.05, 0) is 53.6 Å². The van der Waals surface area contributed by atoms with Crippen LogP contribution in [0.3, 0.4) is 0 Å². The number of piperidine rings is 1. The minimum Gasteiger partial charge on any atom is -0.327 e. The molecule has 1 fully saturated rings. The van der Waals surface area contributed by atoms with Gasteiger partial charge in [-0.1, -0.05) is 6.07 Å². The average molecular weight is 403 g/mol. The molecule has 4 nitrogen and oxygen atoms in total. The van der Waals surface area contributed by atoms with E-state index in [1.54, 1.807) is 18.2 Å². The van der Waals surface area contributed by atoms with Gasteiger partial charge in [0.25, 0.3) is 0 Å². The van der Waals surface area contributed by atoms with Gasteiger partial charge in [0.05, 0.1) is 4.90 Å². The van der Waals surface area contributed by atoms with Gasteiger partial charge in [-0.25, -0.2) is 8.42 Å². The summed E-state index contributed by atoms with van der Waals surface area (Å²) in [5, 5.41) is 0. The summed E-state index contributed by atoms with van der Waals surface area (Å²) < 4.78 is 27.1. The topological polar surface area (TPSA) is 63.4 Å². The van der Waals surface area contributed by atoms with Crippen LogP contribution in [0.25, 0.3) is 0 Å². The van der Waals surface area contributed by atoms with Crippen molar-refractivity contribution >= 4 is 45.0 Å². The number of hydrogen-bond acceptors (Lipinski definition) is 3. The molecule has 1 heterocycles. The zero-order chi connectivity index (χ0) is 12.5. The smallest absolute Gasteiger partial charge is 0.243 e. The fourth-order valence-electron chi connectivity index (χ4n) is 1.97. The number of hydrogen-bond donors (Lipinski definition) is 1. The molecule has 0 aliphatic carbocycles. The fraction of sp³-hybridized carbons (Fsp3) is 0.455. The molecular weight excluding hydrogens is 387 g/mol. The molecule has 0 spiro atoms. The molecule has 1 aliphatic heterocycles. The molecule has 0 radical (unpaired) electrons. The highest BCUT2D eigenvalue weighted by atomic mass is 127. The number of nitrogens with two attached hydrogens (primary N) is 1. The summed E-state index contributed by atoms with van der Waals surface area (Å²) in [7, 11) is -3.37. The van der Waals surface area contributed by atoms with E-state index in [0.29, 0.717) is 18.0 Å². The molecule has 0 aromatic heterocycles. The summed E-state index contributed by atoms with van der Waals surface area (Å²) in [4.78, 5) is 0.360. The second-order valence-electron chi connectivity index (χ2n) is 4.22. The van der Waals surface area contributed by atoms with E-state index < -0.39 is 10.0 Å². The first kappa shape index (κ1) is 16.2. The molecule has 1 aromatic rings. The maximum absolute atomic E-state index is 12.4. The van der Waals surface area contributed by atoms with E-state index in [2.05, 4.69) is 22.6 Å². The SMILES string of the molecule is Cl.NC1CCCN(S(=O)(=O)c2cccc(I)c2)C1. The van der Waals surface area contributed by atoms with Crippen LogP contribution in [0.15, 0.2) is 29.2 Å². The molecule has 102 valence electrons. The summed E-state index contributed by atoms with van der Waals surface area (Å²) in [6, 6.07) is 6.93. The third kappa shape index (κ3) is 3.57. The normalized spacial score (nSPS) is 21.3. The molecule has 0 saturated carbocycles. The Bertz CT molecular complexity index is 510. The molecule has 1 aromatic carbocycles. The first-order chi connectivity index (χ1) is 8.00. The molecule has 2 N–H and O–H groups in total. The predicted octanol–water partition coefficient (Wildman–Crippen LogP) is 1.82. The van der Waals surface area contributed by atoms with Gasteiger partial charge in [-0.2, -0.15) is 4.31 Å². The average Bonchev–Trinajstić information content (AvgIpc) is 2.29. The van der Waals surface area contributed by atoms with Crippen LogP contribution < -0.4 is 5.73 Å². The van der Waals surface area contributed by atoms with Crippen molar-refractivity contribution < 1.29 is 8.42 Å². The second kappa shape index (κ2) is 6.51. The van der Waals surface area contributed by atoms with Crippen LogP contribution in [0.4, 0.5) is 0 Å². The fourth-order valence-corrected chi connectivity index (χ4v) is 4.30. The number of halogens is 2. The number of nitrogens with zero attached hydrogens (tertiary/aromatic N) is 1. The highest BCUT2D eigenvalue weighted by molar-refractivity contribution is 14.1. The minimum absolute atomic E-state index is 0. The molecule has 0 bridgehead atoms. The zero-order valence-corrected chi connectivity index (χ0v) is 13.5. The Morgan fingerprint density at radius 2 is 2.11 bits per heavy atom. The molecule has 0 amide bonds. The Labute approximate surface area is 128 Å². The maximum Gasteiger partial charge on any atom is 0.243 e. The molecule has 1 saturated heterocycles. The summed E-state index contributed by atoms with van der Waals surface area (Å²) in [5.74, 6) is 0. The monoisotopic (exact) mass is 402 g/mol. The lowest BCUT2D eigenvalue weighted by molar-refractivity contribution is 0.316. The van der Waals surface area contributed by atoms with Crippen LogP contribution in [0.1, 0.15) is 12.8 Å². The van der Waals surface area contributed by atoms with Crippen molar-refractivity contribution in [1.82, 2.24) is 4.31 Å². The van der Waals surface area contributed by atoms with Crippen LogP contribution in [0, 0.1) is 3.57 Å². The van der Waals surface area contributed by atoms with Crippen molar-refractivity contribution in [3.05, 3.63) is 27.8 Å². The number of rotatable bonds is 2. The van der Waals surface area contributed by atoms with Gasteiger partial charge in [-0.15, -0.1) is 12.4 Å². The molecule has 1 aliphatic rings. The third-order valence-electron chi connectivity index (χ3n) is 2.85. The molecule has 2 rings (SSSR count). The summed E-state index contributed by atoms with van der Waals surface area (Å²) in [6.07, 6.45) is 1.74. The Balaban J connectivity index is 0.00000162. The first-order valence-electron chi connectivity index (χ1n) is 5.51. The van der Waals surface area contributed by atoms with Crippen LogP contribution in [0.2, 0.25) is 0 Å². The van der Waals surface area contributed by atoms with Crippen molar-refractivity contribution in [2.45, 2.75) is 23.8 Å². The van der Waals surface area contributed by atoms with Gasteiger partial charge in [0.2, 0.25) is 10.0 Å². The van der Waals surface area contributed by atoms with Crippen LogP contribution >= 0.6 is 35.0 Å². The predicted molar refractivity (Wildman–Crippen MR) is 82.4 cm³/mol. The third-order valence-corrected chi connectivity index (χ3v) is 5.39. The summed E-state index contributed by atoms with van der Waals surface area (Å²) >= 11 is 2.11.